The molecule has 0 saturated carbocycles. The molecule has 6 nitrogen and oxygen atoms in total. The molecule has 4 aromatic rings. The van der Waals surface area contributed by atoms with Crippen molar-refractivity contribution in [3.63, 3.8) is 0 Å². The van der Waals surface area contributed by atoms with Crippen LogP contribution in [0.15, 0.2) is 84.9 Å². The van der Waals surface area contributed by atoms with Gasteiger partial charge in [-0.1, -0.05) is 30.3 Å². The number of nitrogens with zero attached hydrogens (tertiary/aromatic N) is 4. The standard InChI is InChI=1S/C28H27FN4O2/c1-35-25-13-7-22(8-14-25)26-19-27(33(30-26)24-11-9-23(29)10-12-24)28(34)32-17-15-31(16-18-32)20-21-5-3-2-4-6-21/h2-14,19H,15-18,20H2,1H3. The molecule has 0 radical (unpaired) electrons. The summed E-state index contributed by atoms with van der Waals surface area (Å²) in [7, 11) is 1.62. The second-order valence-electron chi connectivity index (χ2n) is 8.59. The number of amides is 1. The summed E-state index contributed by atoms with van der Waals surface area (Å²) in [6.07, 6.45) is 0. The third-order valence-corrected chi connectivity index (χ3v) is 6.29. The Morgan fingerprint density at radius 2 is 1.60 bits per heavy atom. The van der Waals surface area contributed by atoms with Crippen LogP contribution in [0, 0.1) is 5.82 Å². The lowest BCUT2D eigenvalue weighted by atomic mass is 10.1. The first-order chi connectivity index (χ1) is 17.1. The first-order valence-electron chi connectivity index (χ1n) is 11.7. The van der Waals surface area contributed by atoms with E-state index < -0.39 is 0 Å². The molecule has 1 fully saturated rings. The third-order valence-electron chi connectivity index (χ3n) is 6.29. The van der Waals surface area contributed by atoms with Crippen molar-refractivity contribution in [2.75, 3.05) is 33.3 Å². The van der Waals surface area contributed by atoms with Gasteiger partial charge in [-0.15, -0.1) is 0 Å². The minimum absolute atomic E-state index is 0.0825. The Balaban J connectivity index is 1.38. The van der Waals surface area contributed by atoms with Crippen LogP contribution >= 0.6 is 0 Å². The van der Waals surface area contributed by atoms with Crippen molar-refractivity contribution in [2.45, 2.75) is 6.54 Å². The summed E-state index contributed by atoms with van der Waals surface area (Å²) in [6, 6.07) is 25.7. The molecule has 0 bridgehead atoms. The zero-order chi connectivity index (χ0) is 24.2. The summed E-state index contributed by atoms with van der Waals surface area (Å²) in [6.45, 7) is 3.75. The van der Waals surface area contributed by atoms with E-state index in [2.05, 4.69) is 17.0 Å². The van der Waals surface area contributed by atoms with E-state index in [-0.39, 0.29) is 11.7 Å². The normalized spacial score (nSPS) is 14.2. The van der Waals surface area contributed by atoms with Gasteiger partial charge in [-0.05, 0) is 60.2 Å². The van der Waals surface area contributed by atoms with Gasteiger partial charge in [-0.3, -0.25) is 9.69 Å². The highest BCUT2D eigenvalue weighted by molar-refractivity contribution is 5.94. The quantitative estimate of drug-likeness (QED) is 0.412. The summed E-state index contributed by atoms with van der Waals surface area (Å²) in [5.41, 5.74) is 3.90. The van der Waals surface area contributed by atoms with E-state index in [0.717, 1.165) is 30.9 Å². The molecule has 0 N–H and O–H groups in total. The Hall–Kier alpha value is -3.97. The minimum atomic E-state index is -0.335. The number of ether oxygens (including phenoxy) is 1. The molecule has 1 amide bonds. The third kappa shape index (κ3) is 5.10. The Kier molecular flexibility index (Phi) is 6.59. The largest absolute Gasteiger partial charge is 0.497 e. The van der Waals surface area contributed by atoms with E-state index in [1.165, 1.54) is 17.7 Å². The van der Waals surface area contributed by atoms with Crippen molar-refractivity contribution >= 4 is 5.91 Å². The van der Waals surface area contributed by atoms with Gasteiger partial charge in [0.2, 0.25) is 0 Å². The van der Waals surface area contributed by atoms with Gasteiger partial charge in [-0.2, -0.15) is 5.10 Å². The molecule has 7 heteroatoms. The average Bonchev–Trinajstić information content (AvgIpc) is 3.35. The van der Waals surface area contributed by atoms with Gasteiger partial charge < -0.3 is 9.64 Å². The zero-order valence-corrected chi connectivity index (χ0v) is 19.6. The molecular formula is C28H27FN4O2. The molecule has 35 heavy (non-hydrogen) atoms. The predicted molar refractivity (Wildman–Crippen MR) is 133 cm³/mol. The van der Waals surface area contributed by atoms with Crippen molar-refractivity contribution in [3.05, 3.63) is 102 Å². The second kappa shape index (κ2) is 10.1. The molecule has 0 aliphatic carbocycles. The monoisotopic (exact) mass is 470 g/mol. The highest BCUT2D eigenvalue weighted by Crippen LogP contribution is 2.25. The smallest absolute Gasteiger partial charge is 0.272 e. The second-order valence-corrected chi connectivity index (χ2v) is 8.59. The molecule has 1 aromatic heterocycles. The molecule has 5 rings (SSSR count). The Morgan fingerprint density at radius 3 is 2.26 bits per heavy atom. The van der Waals surface area contributed by atoms with Gasteiger partial charge in [-0.25, -0.2) is 9.07 Å². The van der Waals surface area contributed by atoms with Crippen LogP contribution < -0.4 is 4.74 Å². The highest BCUT2D eigenvalue weighted by atomic mass is 19.1. The highest BCUT2D eigenvalue weighted by Gasteiger charge is 2.26. The number of rotatable bonds is 6. The lowest BCUT2D eigenvalue weighted by Gasteiger charge is -2.34. The summed E-state index contributed by atoms with van der Waals surface area (Å²) in [5.74, 6) is 0.330. The number of methoxy groups -OCH3 is 1. The maximum absolute atomic E-state index is 13.6. The number of hydrogen-bond donors (Lipinski definition) is 0. The lowest BCUT2D eigenvalue weighted by molar-refractivity contribution is 0.0619. The number of halogens is 1. The number of hydrogen-bond acceptors (Lipinski definition) is 4. The lowest BCUT2D eigenvalue weighted by Crippen LogP contribution is -2.48. The fourth-order valence-electron chi connectivity index (χ4n) is 4.33. The Bertz CT molecular complexity index is 1280. The van der Waals surface area contributed by atoms with E-state index in [1.807, 2.05) is 53.4 Å². The van der Waals surface area contributed by atoms with E-state index in [0.29, 0.717) is 30.2 Å². The van der Waals surface area contributed by atoms with Crippen molar-refractivity contribution < 1.29 is 13.9 Å². The molecule has 1 aliphatic rings. The fraction of sp³-hybridized carbons (Fsp3) is 0.214. The van der Waals surface area contributed by atoms with Gasteiger partial charge in [0.25, 0.3) is 5.91 Å². The van der Waals surface area contributed by atoms with E-state index >= 15 is 0 Å². The SMILES string of the molecule is COc1ccc(-c2cc(C(=O)N3CCN(Cc4ccccc4)CC3)n(-c3ccc(F)cc3)n2)cc1. The molecule has 0 spiro atoms. The van der Waals surface area contributed by atoms with E-state index in [4.69, 9.17) is 9.84 Å². The molecule has 3 aromatic carbocycles. The molecule has 1 saturated heterocycles. The maximum atomic E-state index is 13.6. The van der Waals surface area contributed by atoms with Gasteiger partial charge in [0.1, 0.15) is 17.3 Å². The van der Waals surface area contributed by atoms with Crippen LogP contribution in [0.4, 0.5) is 4.39 Å². The van der Waals surface area contributed by atoms with Crippen LogP contribution in [0.25, 0.3) is 16.9 Å². The number of aromatic nitrogens is 2. The predicted octanol–water partition coefficient (Wildman–Crippen LogP) is 4.65. The van der Waals surface area contributed by atoms with Crippen LogP contribution in [0.2, 0.25) is 0 Å². The Morgan fingerprint density at radius 1 is 0.914 bits per heavy atom. The van der Waals surface area contributed by atoms with Gasteiger partial charge in [0, 0.05) is 38.3 Å². The van der Waals surface area contributed by atoms with Crippen LogP contribution in [0.1, 0.15) is 16.1 Å². The van der Waals surface area contributed by atoms with Gasteiger partial charge in [0.05, 0.1) is 18.5 Å². The Labute approximate surface area is 204 Å². The first-order valence-corrected chi connectivity index (χ1v) is 11.7. The number of carbonyl (C=O) groups is 1. The molecular weight excluding hydrogens is 443 g/mol. The van der Waals surface area contributed by atoms with Gasteiger partial charge >= 0.3 is 0 Å². The zero-order valence-electron chi connectivity index (χ0n) is 19.6. The summed E-state index contributed by atoms with van der Waals surface area (Å²) < 4.78 is 20.4. The van der Waals surface area contributed by atoms with Crippen molar-refractivity contribution in [2.24, 2.45) is 0 Å². The first kappa shape index (κ1) is 22.8. The van der Waals surface area contributed by atoms with Crippen LogP contribution in [-0.2, 0) is 6.54 Å². The van der Waals surface area contributed by atoms with Crippen LogP contribution in [0.3, 0.4) is 0 Å². The van der Waals surface area contributed by atoms with E-state index in [9.17, 15) is 9.18 Å². The number of piperazine rings is 1. The number of carbonyl (C=O) groups excluding carboxylic acids is 1. The fourth-order valence-corrected chi connectivity index (χ4v) is 4.33. The summed E-state index contributed by atoms with van der Waals surface area (Å²) in [4.78, 5) is 17.9. The van der Waals surface area contributed by atoms with Crippen LogP contribution in [-0.4, -0.2) is 58.8 Å². The molecule has 1 aliphatic heterocycles. The van der Waals surface area contributed by atoms with Crippen LogP contribution in [0.5, 0.6) is 5.75 Å². The molecule has 0 unspecified atom stereocenters. The number of benzene rings is 3. The van der Waals surface area contributed by atoms with Crippen molar-refractivity contribution in [1.82, 2.24) is 19.6 Å². The topological polar surface area (TPSA) is 50.6 Å². The molecule has 178 valence electrons. The maximum Gasteiger partial charge on any atom is 0.272 e. The molecule has 0 atom stereocenters. The van der Waals surface area contributed by atoms with Crippen molar-refractivity contribution in [3.8, 4) is 22.7 Å². The van der Waals surface area contributed by atoms with E-state index in [1.54, 1.807) is 23.9 Å². The van der Waals surface area contributed by atoms with Gasteiger partial charge in [0.15, 0.2) is 0 Å². The summed E-state index contributed by atoms with van der Waals surface area (Å²) in [5, 5.41) is 4.72. The summed E-state index contributed by atoms with van der Waals surface area (Å²) >= 11 is 0. The average molecular weight is 471 g/mol. The molecule has 2 heterocycles. The minimum Gasteiger partial charge on any atom is -0.497 e. The van der Waals surface area contributed by atoms with Crippen molar-refractivity contribution in [1.29, 1.82) is 0 Å².